The molecule has 1 atom stereocenters. The highest BCUT2D eigenvalue weighted by atomic mass is 32.2. The van der Waals surface area contributed by atoms with Gasteiger partial charge in [-0.05, 0) is 24.6 Å². The maximum absolute atomic E-state index is 12.8. The summed E-state index contributed by atoms with van der Waals surface area (Å²) < 4.78 is 5.22. The molecule has 0 fully saturated rings. The number of carbonyl (C=O) groups excluding carboxylic acids is 2. The second-order valence-corrected chi connectivity index (χ2v) is 7.81. The molecule has 0 aliphatic carbocycles. The van der Waals surface area contributed by atoms with Gasteiger partial charge in [0.25, 0.3) is 5.69 Å². The van der Waals surface area contributed by atoms with Crippen molar-refractivity contribution in [1.29, 1.82) is 0 Å². The van der Waals surface area contributed by atoms with Gasteiger partial charge < -0.3 is 20.4 Å². The fourth-order valence-corrected chi connectivity index (χ4v) is 4.24. The van der Waals surface area contributed by atoms with Crippen molar-refractivity contribution in [2.45, 2.75) is 18.1 Å². The van der Waals surface area contributed by atoms with E-state index in [1.54, 1.807) is 13.0 Å². The predicted octanol–water partition coefficient (Wildman–Crippen LogP) is 3.43. The Bertz CT molecular complexity index is 1210. The number of hydrogen-bond donors (Lipinski definition) is 3. The van der Waals surface area contributed by atoms with E-state index in [9.17, 15) is 19.7 Å². The first-order valence-electron chi connectivity index (χ1n) is 9.76. The van der Waals surface area contributed by atoms with Gasteiger partial charge in [0.1, 0.15) is 0 Å². The molecule has 1 aliphatic rings. The zero-order chi connectivity index (χ0) is 22.7. The Labute approximate surface area is 186 Å². The lowest BCUT2D eigenvalue weighted by molar-refractivity contribution is -0.384. The van der Waals surface area contributed by atoms with Crippen molar-refractivity contribution < 1.29 is 19.2 Å². The van der Waals surface area contributed by atoms with Crippen LogP contribution in [0.4, 0.5) is 10.5 Å². The first kappa shape index (κ1) is 21.4. The molecule has 10 nitrogen and oxygen atoms in total. The van der Waals surface area contributed by atoms with E-state index in [4.69, 9.17) is 4.74 Å². The summed E-state index contributed by atoms with van der Waals surface area (Å²) in [5.74, 6) is -0.385. The van der Waals surface area contributed by atoms with Crippen LogP contribution in [-0.2, 0) is 9.53 Å². The number of urea groups is 1. The number of esters is 1. The average molecular weight is 453 g/mol. The van der Waals surface area contributed by atoms with Crippen LogP contribution < -0.4 is 10.6 Å². The van der Waals surface area contributed by atoms with Gasteiger partial charge in [0.05, 0.1) is 34.2 Å². The summed E-state index contributed by atoms with van der Waals surface area (Å²) in [6.45, 7) is 1.82. The second kappa shape index (κ2) is 9.10. The number of H-pyrrole nitrogens is 1. The highest BCUT2D eigenvalue weighted by Gasteiger charge is 2.34. The molecular weight excluding hydrogens is 434 g/mol. The van der Waals surface area contributed by atoms with Gasteiger partial charge in [0.2, 0.25) is 0 Å². The monoisotopic (exact) mass is 453 g/mol. The SMILES string of the molecule is CCOC(=O)C1=C(CSc2nc3ccccc3[nH]2)NC(=O)N[C@H]1c1cccc([N+](=O)[O-])c1. The molecule has 1 aliphatic heterocycles. The number of fused-ring (bicyclic) bond motifs is 1. The lowest BCUT2D eigenvalue weighted by Gasteiger charge is -2.29. The Morgan fingerprint density at radius 1 is 1.25 bits per heavy atom. The highest BCUT2D eigenvalue weighted by molar-refractivity contribution is 7.99. The third-order valence-corrected chi connectivity index (χ3v) is 5.68. The smallest absolute Gasteiger partial charge is 0.338 e. The number of ether oxygens (including phenoxy) is 1. The molecule has 3 N–H and O–H groups in total. The normalized spacial score (nSPS) is 15.9. The molecule has 1 aromatic heterocycles. The van der Waals surface area contributed by atoms with Crippen molar-refractivity contribution in [1.82, 2.24) is 20.6 Å². The summed E-state index contributed by atoms with van der Waals surface area (Å²) in [6, 6.07) is 12.0. The van der Waals surface area contributed by atoms with Crippen LogP contribution in [0.15, 0.2) is 65.0 Å². The van der Waals surface area contributed by atoms with Crippen LogP contribution in [0, 0.1) is 10.1 Å². The van der Waals surface area contributed by atoms with Crippen molar-refractivity contribution in [3.63, 3.8) is 0 Å². The number of aromatic nitrogens is 2. The number of nitrogens with one attached hydrogen (secondary N) is 3. The number of non-ortho nitro benzene ring substituents is 1. The number of aromatic amines is 1. The van der Waals surface area contributed by atoms with E-state index < -0.39 is 23.0 Å². The fourth-order valence-electron chi connectivity index (χ4n) is 3.39. The first-order valence-corrected chi connectivity index (χ1v) is 10.7. The molecule has 164 valence electrons. The first-order chi connectivity index (χ1) is 15.5. The highest BCUT2D eigenvalue weighted by Crippen LogP contribution is 2.32. The fraction of sp³-hybridized carbons (Fsp3) is 0.190. The molecule has 2 amide bonds. The van der Waals surface area contributed by atoms with Gasteiger partial charge in [-0.15, -0.1) is 0 Å². The molecule has 0 saturated heterocycles. The minimum atomic E-state index is -0.894. The van der Waals surface area contributed by atoms with Gasteiger partial charge in [0, 0.05) is 23.6 Å². The van der Waals surface area contributed by atoms with Gasteiger partial charge in [-0.25, -0.2) is 14.6 Å². The molecule has 0 spiro atoms. The van der Waals surface area contributed by atoms with E-state index in [2.05, 4.69) is 20.6 Å². The van der Waals surface area contributed by atoms with Crippen LogP contribution >= 0.6 is 11.8 Å². The number of nitro groups is 1. The Morgan fingerprint density at radius 2 is 2.06 bits per heavy atom. The van der Waals surface area contributed by atoms with Crippen molar-refractivity contribution in [2.24, 2.45) is 0 Å². The lowest BCUT2D eigenvalue weighted by Crippen LogP contribution is -2.46. The van der Waals surface area contributed by atoms with Gasteiger partial charge >= 0.3 is 12.0 Å². The Kier molecular flexibility index (Phi) is 6.08. The Balaban J connectivity index is 1.70. The van der Waals surface area contributed by atoms with Gasteiger partial charge in [-0.3, -0.25) is 10.1 Å². The molecule has 3 aromatic rings. The van der Waals surface area contributed by atoms with E-state index in [0.29, 0.717) is 16.4 Å². The summed E-state index contributed by atoms with van der Waals surface area (Å²) in [4.78, 5) is 43.6. The van der Waals surface area contributed by atoms with Gasteiger partial charge in [-0.1, -0.05) is 36.0 Å². The van der Waals surface area contributed by atoms with E-state index in [0.717, 1.165) is 11.0 Å². The minimum absolute atomic E-state index is 0.141. The zero-order valence-corrected chi connectivity index (χ0v) is 17.8. The van der Waals surface area contributed by atoms with Crippen molar-refractivity contribution >= 4 is 40.5 Å². The zero-order valence-electron chi connectivity index (χ0n) is 17.0. The molecule has 0 bridgehead atoms. The Morgan fingerprint density at radius 3 is 2.81 bits per heavy atom. The van der Waals surface area contributed by atoms with E-state index in [1.165, 1.54) is 30.0 Å². The molecule has 4 rings (SSSR count). The van der Waals surface area contributed by atoms with Crippen LogP contribution in [0.25, 0.3) is 11.0 Å². The molecule has 11 heteroatoms. The molecule has 0 radical (unpaired) electrons. The molecular formula is C21H19N5O5S. The predicted molar refractivity (Wildman–Crippen MR) is 118 cm³/mol. The number of rotatable bonds is 7. The third kappa shape index (κ3) is 4.42. The number of thioether (sulfide) groups is 1. The number of amides is 2. The van der Waals surface area contributed by atoms with Crippen LogP contribution in [0.1, 0.15) is 18.5 Å². The van der Waals surface area contributed by atoms with Crippen molar-refractivity contribution in [3.8, 4) is 0 Å². The van der Waals surface area contributed by atoms with Gasteiger partial charge in [-0.2, -0.15) is 0 Å². The average Bonchev–Trinajstić information content (AvgIpc) is 3.20. The number of nitro benzene ring substituents is 1. The second-order valence-electron chi connectivity index (χ2n) is 6.84. The van der Waals surface area contributed by atoms with E-state index >= 15 is 0 Å². The maximum Gasteiger partial charge on any atom is 0.338 e. The molecule has 2 aromatic carbocycles. The summed E-state index contributed by atoms with van der Waals surface area (Å²) in [6.07, 6.45) is 0. The van der Waals surface area contributed by atoms with E-state index in [1.807, 2.05) is 24.3 Å². The molecule has 32 heavy (non-hydrogen) atoms. The largest absolute Gasteiger partial charge is 0.463 e. The standard InChI is InChI=1S/C21H19N5O5S/c1-2-31-19(27)17-16(11-32-21-23-14-8-3-4-9-15(14)24-21)22-20(28)25-18(17)12-6-5-7-13(10-12)26(29)30/h3-10,18H,2,11H2,1H3,(H,23,24)(H2,22,25,28)/t18-/m0/s1. The number of nitrogens with zero attached hydrogens (tertiary/aromatic N) is 2. The summed E-state index contributed by atoms with van der Waals surface area (Å²) in [5.41, 5.74) is 2.49. The van der Waals surface area contributed by atoms with Crippen LogP contribution in [0.2, 0.25) is 0 Å². The van der Waals surface area contributed by atoms with Crippen LogP contribution in [0.5, 0.6) is 0 Å². The number of hydrogen-bond acceptors (Lipinski definition) is 7. The molecule has 2 heterocycles. The Hall–Kier alpha value is -3.86. The number of para-hydroxylation sites is 2. The van der Waals surface area contributed by atoms with Gasteiger partial charge in [0.15, 0.2) is 5.16 Å². The summed E-state index contributed by atoms with van der Waals surface area (Å²) in [7, 11) is 0. The number of imidazole rings is 1. The summed E-state index contributed by atoms with van der Waals surface area (Å²) in [5, 5.41) is 17.2. The minimum Gasteiger partial charge on any atom is -0.463 e. The topological polar surface area (TPSA) is 139 Å². The summed E-state index contributed by atoms with van der Waals surface area (Å²) >= 11 is 1.32. The van der Waals surface area contributed by atoms with Crippen molar-refractivity contribution in [3.05, 3.63) is 75.5 Å². The maximum atomic E-state index is 12.8. The number of carbonyl (C=O) groups is 2. The third-order valence-electron chi connectivity index (χ3n) is 4.78. The van der Waals surface area contributed by atoms with Crippen LogP contribution in [0.3, 0.4) is 0 Å². The molecule has 0 saturated carbocycles. The molecule has 0 unspecified atom stereocenters. The lowest BCUT2D eigenvalue weighted by atomic mass is 9.95. The van der Waals surface area contributed by atoms with Crippen LogP contribution in [-0.4, -0.2) is 39.3 Å². The van der Waals surface area contributed by atoms with Crippen molar-refractivity contribution in [2.75, 3.05) is 12.4 Å². The quantitative estimate of drug-likeness (QED) is 0.215. The van der Waals surface area contributed by atoms with E-state index in [-0.39, 0.29) is 23.6 Å². The number of benzene rings is 2.